The normalized spacial score (nSPS) is 15.0. The summed E-state index contributed by atoms with van der Waals surface area (Å²) in [6.45, 7) is 6.73. The first-order valence-electron chi connectivity index (χ1n) is 19.4. The van der Waals surface area contributed by atoms with Crippen LogP contribution in [-0.4, -0.2) is 6.21 Å². The van der Waals surface area contributed by atoms with Crippen LogP contribution >= 0.6 is 0 Å². The molecule has 10 rings (SSSR count). The topological polar surface area (TPSA) is 24.4 Å². The molecule has 1 unspecified atom stereocenters. The molecule has 264 valence electrons. The zero-order valence-corrected chi connectivity index (χ0v) is 31.4. The number of benzene rings is 8. The first kappa shape index (κ1) is 33.1. The van der Waals surface area contributed by atoms with E-state index in [1.807, 2.05) is 19.2 Å². The molecule has 0 aromatic heterocycles. The number of nitrogens with zero attached hydrogens (tertiary/aromatic N) is 1. The van der Waals surface area contributed by atoms with E-state index in [9.17, 15) is 0 Å². The number of hydrogen-bond acceptors (Lipinski definition) is 2. The van der Waals surface area contributed by atoms with Crippen LogP contribution in [-0.2, 0) is 10.8 Å². The Kier molecular flexibility index (Phi) is 7.71. The van der Waals surface area contributed by atoms with Gasteiger partial charge in [0.25, 0.3) is 0 Å². The fourth-order valence-electron chi connectivity index (χ4n) is 9.73. The maximum absolute atomic E-state index is 4.70. The van der Waals surface area contributed by atoms with Crippen molar-refractivity contribution in [2.45, 2.75) is 37.8 Å². The molecule has 8 aromatic carbocycles. The second kappa shape index (κ2) is 12.8. The van der Waals surface area contributed by atoms with Gasteiger partial charge in [0.1, 0.15) is 6.17 Å². The monoisotopic (exact) mass is 706 g/mol. The summed E-state index contributed by atoms with van der Waals surface area (Å²) in [5, 5.41) is 6.10. The molecule has 55 heavy (non-hydrogen) atoms. The van der Waals surface area contributed by atoms with Gasteiger partial charge in [-0.2, -0.15) is 0 Å². The van der Waals surface area contributed by atoms with E-state index in [0.29, 0.717) is 0 Å². The molecule has 0 saturated heterocycles. The molecule has 0 aliphatic heterocycles. The number of fused-ring (bicyclic) bond motifs is 10. The molecule has 0 saturated carbocycles. The first-order chi connectivity index (χ1) is 27.0. The third-order valence-corrected chi connectivity index (χ3v) is 12.2. The molecule has 0 amide bonds. The van der Waals surface area contributed by atoms with E-state index in [4.69, 9.17) is 4.99 Å². The van der Waals surface area contributed by atoms with Crippen molar-refractivity contribution in [2.24, 2.45) is 4.99 Å². The van der Waals surface area contributed by atoms with E-state index in [1.165, 1.54) is 77.5 Å². The van der Waals surface area contributed by atoms with Crippen LogP contribution < -0.4 is 5.32 Å². The lowest BCUT2D eigenvalue weighted by Crippen LogP contribution is -2.40. The van der Waals surface area contributed by atoms with E-state index in [0.717, 1.165) is 11.3 Å². The number of rotatable bonds is 6. The summed E-state index contributed by atoms with van der Waals surface area (Å²) in [4.78, 5) is 4.70. The molecule has 0 fully saturated rings. The van der Waals surface area contributed by atoms with Crippen LogP contribution in [0.25, 0.3) is 44.2 Å². The Morgan fingerprint density at radius 2 is 0.945 bits per heavy atom. The third kappa shape index (κ3) is 4.98. The minimum atomic E-state index is -0.419. The van der Waals surface area contributed by atoms with Crippen molar-refractivity contribution in [3.63, 3.8) is 0 Å². The molecule has 0 heterocycles. The van der Waals surface area contributed by atoms with Gasteiger partial charge in [-0.1, -0.05) is 178 Å². The van der Waals surface area contributed by atoms with Crippen LogP contribution in [0.3, 0.4) is 0 Å². The summed E-state index contributed by atoms with van der Waals surface area (Å²) < 4.78 is 0. The zero-order chi connectivity index (χ0) is 37.1. The van der Waals surface area contributed by atoms with Crippen molar-refractivity contribution in [2.75, 3.05) is 5.32 Å². The smallest absolute Gasteiger partial charge is 0.144 e. The predicted octanol–water partition coefficient (Wildman–Crippen LogP) is 13.4. The van der Waals surface area contributed by atoms with Crippen molar-refractivity contribution >= 4 is 22.7 Å². The molecule has 1 spiro atoms. The molecule has 0 radical (unpaired) electrons. The van der Waals surface area contributed by atoms with Crippen molar-refractivity contribution < 1.29 is 0 Å². The summed E-state index contributed by atoms with van der Waals surface area (Å²) in [7, 11) is 0. The Balaban J connectivity index is 1.10. The summed E-state index contributed by atoms with van der Waals surface area (Å²) in [5.74, 6) is 0. The van der Waals surface area contributed by atoms with Crippen molar-refractivity contribution in [3.8, 4) is 33.4 Å². The largest absolute Gasteiger partial charge is 0.360 e. The summed E-state index contributed by atoms with van der Waals surface area (Å²) in [6.07, 6.45) is 1.72. The SMILES string of the molecule is C/C=N\C(Nc1ccc(-c2ccc(-c3ccc4c(c3)C3(c5ccccc5-4)c4ccccc4C(C)(C)c4ccccc43)c3ccccc23)cc1)c1ccccc1. The molecule has 1 atom stereocenters. The van der Waals surface area contributed by atoms with Gasteiger partial charge in [0, 0.05) is 11.1 Å². The molecule has 8 aromatic rings. The summed E-state index contributed by atoms with van der Waals surface area (Å²) in [5.41, 5.74) is 17.4. The van der Waals surface area contributed by atoms with Gasteiger partial charge < -0.3 is 5.32 Å². The van der Waals surface area contributed by atoms with Crippen molar-refractivity contribution in [1.82, 2.24) is 0 Å². The lowest BCUT2D eigenvalue weighted by Gasteiger charge is -2.46. The van der Waals surface area contributed by atoms with E-state index in [1.54, 1.807) is 0 Å². The minimum Gasteiger partial charge on any atom is -0.360 e. The maximum Gasteiger partial charge on any atom is 0.144 e. The molecule has 2 nitrogen and oxygen atoms in total. The van der Waals surface area contributed by atoms with Gasteiger partial charge in [-0.25, -0.2) is 0 Å². The van der Waals surface area contributed by atoms with Gasteiger partial charge in [-0.3, -0.25) is 4.99 Å². The van der Waals surface area contributed by atoms with Crippen LogP contribution in [0.2, 0.25) is 0 Å². The molecule has 2 aliphatic rings. The van der Waals surface area contributed by atoms with Crippen LogP contribution in [0.15, 0.2) is 187 Å². The van der Waals surface area contributed by atoms with Crippen LogP contribution in [0.1, 0.15) is 65.9 Å². The van der Waals surface area contributed by atoms with Gasteiger partial charge in [0.2, 0.25) is 0 Å². The van der Waals surface area contributed by atoms with E-state index >= 15 is 0 Å². The van der Waals surface area contributed by atoms with Crippen molar-refractivity contribution in [3.05, 3.63) is 221 Å². The highest BCUT2D eigenvalue weighted by Gasteiger charge is 2.53. The lowest BCUT2D eigenvalue weighted by atomic mass is 9.55. The Hall–Kier alpha value is -6.51. The van der Waals surface area contributed by atoms with Crippen LogP contribution in [0.4, 0.5) is 5.69 Å². The Labute approximate surface area is 323 Å². The highest BCUT2D eigenvalue weighted by molar-refractivity contribution is 6.05. The van der Waals surface area contributed by atoms with E-state index < -0.39 is 5.41 Å². The minimum absolute atomic E-state index is 0.124. The molecule has 2 heteroatoms. The van der Waals surface area contributed by atoms with E-state index in [2.05, 4.69) is 195 Å². The molecule has 0 bridgehead atoms. The molecular weight excluding hydrogens is 665 g/mol. The fourth-order valence-corrected chi connectivity index (χ4v) is 9.73. The van der Waals surface area contributed by atoms with E-state index in [-0.39, 0.29) is 11.6 Å². The van der Waals surface area contributed by atoms with Gasteiger partial charge in [0.05, 0.1) is 5.41 Å². The summed E-state index contributed by atoms with van der Waals surface area (Å²) >= 11 is 0. The average Bonchev–Trinajstić information content (AvgIpc) is 3.53. The van der Waals surface area contributed by atoms with Gasteiger partial charge >= 0.3 is 0 Å². The van der Waals surface area contributed by atoms with Gasteiger partial charge in [0.15, 0.2) is 0 Å². The van der Waals surface area contributed by atoms with Gasteiger partial charge in [-0.05, 0) is 114 Å². The Morgan fingerprint density at radius 1 is 0.455 bits per heavy atom. The zero-order valence-electron chi connectivity index (χ0n) is 31.4. The standard InChI is InChI=1S/C53H42N2/c1-4-54-51(36-16-6-5-7-17-36)55-38-29-26-35(27-30-38)39-32-33-40(42-19-9-8-18-41(39)42)37-28-31-44-43-20-10-11-21-45(43)53(50(44)34-37)48-24-14-12-22-46(48)52(2,3)47-23-13-15-25-49(47)53/h4-34,51,55H,1-3H3/b54-4-. The Bertz CT molecular complexity index is 2720. The average molecular weight is 707 g/mol. The number of nitrogens with one attached hydrogen (secondary N) is 1. The first-order valence-corrected chi connectivity index (χ1v) is 19.4. The molecule has 1 N–H and O–H groups in total. The second-order valence-corrected chi connectivity index (χ2v) is 15.4. The number of anilines is 1. The summed E-state index contributed by atoms with van der Waals surface area (Å²) in [6, 6.07) is 67.3. The molecular formula is C53H42N2. The fraction of sp³-hybridized carbons (Fsp3) is 0.113. The van der Waals surface area contributed by atoms with Crippen molar-refractivity contribution in [1.29, 1.82) is 0 Å². The van der Waals surface area contributed by atoms with Crippen LogP contribution in [0.5, 0.6) is 0 Å². The van der Waals surface area contributed by atoms with Crippen LogP contribution in [0, 0.1) is 0 Å². The Morgan fingerprint density at radius 3 is 1.58 bits per heavy atom. The maximum atomic E-state index is 4.70. The highest BCUT2D eigenvalue weighted by Crippen LogP contribution is 2.62. The number of aliphatic imine (C=N–C) groups is 1. The predicted molar refractivity (Wildman–Crippen MR) is 231 cm³/mol. The number of hydrogen-bond donors (Lipinski definition) is 1. The second-order valence-electron chi connectivity index (χ2n) is 15.4. The quantitative estimate of drug-likeness (QED) is 0.171. The highest BCUT2D eigenvalue weighted by atomic mass is 15.1. The molecule has 2 aliphatic carbocycles. The lowest BCUT2D eigenvalue weighted by molar-refractivity contribution is 0.563. The van der Waals surface area contributed by atoms with Gasteiger partial charge in [-0.15, -0.1) is 0 Å². The third-order valence-electron chi connectivity index (χ3n) is 12.2.